The molecule has 1 aromatic rings. The highest BCUT2D eigenvalue weighted by Gasteiger charge is 2.31. The normalized spacial score (nSPS) is 12.7. The summed E-state index contributed by atoms with van der Waals surface area (Å²) in [5.41, 5.74) is 0.792. The Bertz CT molecular complexity index is 585. The van der Waals surface area contributed by atoms with Gasteiger partial charge in [-0.1, -0.05) is 30.3 Å². The number of amides is 1. The molecular weight excluding hydrogens is 476 g/mol. The molecule has 0 radical (unpaired) electrons. The van der Waals surface area contributed by atoms with Crippen molar-refractivity contribution in [2.24, 2.45) is 4.99 Å². The van der Waals surface area contributed by atoms with Crippen molar-refractivity contribution in [2.45, 2.75) is 25.6 Å². The first kappa shape index (κ1) is 25.4. The van der Waals surface area contributed by atoms with E-state index in [1.54, 1.807) is 0 Å². The molecule has 27 heavy (non-hydrogen) atoms. The fourth-order valence-electron chi connectivity index (χ4n) is 2.14. The molecule has 0 saturated heterocycles. The minimum Gasteiger partial charge on any atom is -0.388 e. The van der Waals surface area contributed by atoms with E-state index >= 15 is 0 Å². The van der Waals surface area contributed by atoms with Crippen molar-refractivity contribution in [3.8, 4) is 0 Å². The molecule has 0 aromatic heterocycles. The first-order valence-corrected chi connectivity index (χ1v) is 8.29. The van der Waals surface area contributed by atoms with Gasteiger partial charge in [-0.25, -0.2) is 4.99 Å². The second-order valence-corrected chi connectivity index (χ2v) is 5.70. The molecule has 0 bridgehead atoms. The quantitative estimate of drug-likeness (QED) is 0.290. The number of hydrogen-bond donors (Lipinski definition) is 3. The summed E-state index contributed by atoms with van der Waals surface area (Å²) in [6.07, 6.45) is -4.67. The van der Waals surface area contributed by atoms with Crippen molar-refractivity contribution in [1.82, 2.24) is 15.5 Å². The van der Waals surface area contributed by atoms with Crippen molar-refractivity contribution in [1.29, 1.82) is 0 Å². The van der Waals surface area contributed by atoms with Crippen molar-refractivity contribution < 1.29 is 23.1 Å². The number of nitrogens with one attached hydrogen (secondary N) is 2. The molecule has 1 rings (SSSR count). The summed E-state index contributed by atoms with van der Waals surface area (Å²) in [4.78, 5) is 16.3. The third-order valence-electron chi connectivity index (χ3n) is 3.45. The van der Waals surface area contributed by atoms with Crippen LogP contribution in [0.25, 0.3) is 0 Å². The maximum Gasteiger partial charge on any atom is 0.406 e. The number of aliphatic hydroxyl groups excluding tert-OH is 1. The summed E-state index contributed by atoms with van der Waals surface area (Å²) in [5.74, 6) is -0.426. The second-order valence-electron chi connectivity index (χ2n) is 5.70. The number of nitrogens with zero attached hydrogens (tertiary/aromatic N) is 2. The van der Waals surface area contributed by atoms with Crippen molar-refractivity contribution in [3.63, 3.8) is 0 Å². The van der Waals surface area contributed by atoms with Gasteiger partial charge in [0.05, 0.1) is 6.10 Å². The second kappa shape index (κ2) is 12.8. The molecule has 6 nitrogen and oxygen atoms in total. The van der Waals surface area contributed by atoms with Crippen molar-refractivity contribution in [3.05, 3.63) is 35.9 Å². The third kappa shape index (κ3) is 11.0. The highest BCUT2D eigenvalue weighted by atomic mass is 127. The molecule has 0 aliphatic carbocycles. The lowest BCUT2D eigenvalue weighted by atomic mass is 10.1. The van der Waals surface area contributed by atoms with Gasteiger partial charge < -0.3 is 20.6 Å². The average Bonchev–Trinajstić information content (AvgIpc) is 2.58. The van der Waals surface area contributed by atoms with E-state index in [4.69, 9.17) is 0 Å². The Morgan fingerprint density at radius 3 is 2.44 bits per heavy atom. The maximum absolute atomic E-state index is 12.3. The SMILES string of the molecule is CCNC(=NCC(=O)N(C)CC(F)(F)F)NCCC(O)c1ccccc1.I. The largest absolute Gasteiger partial charge is 0.406 e. The fourth-order valence-corrected chi connectivity index (χ4v) is 2.14. The number of benzene rings is 1. The number of aliphatic hydroxyl groups is 1. The van der Waals surface area contributed by atoms with Crippen molar-refractivity contribution in [2.75, 3.05) is 33.2 Å². The number of carbonyl (C=O) groups excluding carboxylic acids is 1. The Kier molecular flexibility index (Phi) is 12.0. The minimum absolute atomic E-state index is 0. The number of guanidine groups is 1. The third-order valence-corrected chi connectivity index (χ3v) is 3.45. The topological polar surface area (TPSA) is 77.0 Å². The van der Waals surface area contributed by atoms with Crippen LogP contribution in [0.15, 0.2) is 35.3 Å². The van der Waals surface area contributed by atoms with Crippen LogP contribution in [0.3, 0.4) is 0 Å². The molecule has 1 amide bonds. The van der Waals surface area contributed by atoms with Gasteiger partial charge >= 0.3 is 6.18 Å². The predicted molar refractivity (Wildman–Crippen MR) is 109 cm³/mol. The number of carbonyl (C=O) groups is 1. The van der Waals surface area contributed by atoms with Crippen LogP contribution in [0.4, 0.5) is 13.2 Å². The zero-order valence-electron chi connectivity index (χ0n) is 15.3. The average molecular weight is 502 g/mol. The number of rotatable bonds is 8. The van der Waals surface area contributed by atoms with Crippen LogP contribution in [-0.4, -0.2) is 61.3 Å². The number of alkyl halides is 3. The van der Waals surface area contributed by atoms with E-state index in [1.165, 1.54) is 0 Å². The Balaban J connectivity index is 0.00000676. The number of likely N-dealkylation sites (N-methyl/N-ethyl adjacent to an activating group) is 1. The zero-order chi connectivity index (χ0) is 19.6. The number of halogens is 4. The molecule has 0 aliphatic heterocycles. The van der Waals surface area contributed by atoms with E-state index in [0.29, 0.717) is 30.4 Å². The van der Waals surface area contributed by atoms with Gasteiger partial charge in [0.25, 0.3) is 0 Å². The van der Waals surface area contributed by atoms with Crippen LogP contribution >= 0.6 is 24.0 Å². The Labute approximate surface area is 174 Å². The van der Waals surface area contributed by atoms with Gasteiger partial charge in [0.2, 0.25) is 5.91 Å². The highest BCUT2D eigenvalue weighted by Crippen LogP contribution is 2.16. The Hall–Kier alpha value is -1.56. The Morgan fingerprint density at radius 1 is 1.26 bits per heavy atom. The lowest BCUT2D eigenvalue weighted by Crippen LogP contribution is -2.40. The molecular formula is C17H26F3IN4O2. The lowest BCUT2D eigenvalue weighted by molar-refractivity contribution is -0.157. The summed E-state index contributed by atoms with van der Waals surface area (Å²) in [5, 5.41) is 15.9. The summed E-state index contributed by atoms with van der Waals surface area (Å²) in [6, 6.07) is 9.16. The number of hydrogen-bond acceptors (Lipinski definition) is 3. The van der Waals surface area contributed by atoms with Crippen LogP contribution < -0.4 is 10.6 Å². The molecule has 3 N–H and O–H groups in total. The molecule has 154 valence electrons. The standard InChI is InChI=1S/C17H25F3N4O2.HI/c1-3-21-16(23-11-15(26)24(2)12-17(18,19)20)22-10-9-14(25)13-7-5-4-6-8-13;/h4-8,14,25H,3,9-12H2,1-2H3,(H2,21,22,23);1H. The van der Waals surface area contributed by atoms with Gasteiger partial charge in [0.1, 0.15) is 13.1 Å². The van der Waals surface area contributed by atoms with Crippen LogP contribution in [0.2, 0.25) is 0 Å². The van der Waals surface area contributed by atoms with E-state index in [0.717, 1.165) is 12.6 Å². The number of aliphatic imine (C=N–C) groups is 1. The molecule has 10 heteroatoms. The first-order chi connectivity index (χ1) is 12.2. The molecule has 1 atom stereocenters. The van der Waals surface area contributed by atoms with Crippen LogP contribution in [0, 0.1) is 0 Å². The lowest BCUT2D eigenvalue weighted by Gasteiger charge is -2.18. The smallest absolute Gasteiger partial charge is 0.388 e. The maximum atomic E-state index is 12.3. The zero-order valence-corrected chi connectivity index (χ0v) is 17.6. The van der Waals surface area contributed by atoms with Crippen molar-refractivity contribution >= 4 is 35.8 Å². The van der Waals surface area contributed by atoms with Crippen LogP contribution in [0.5, 0.6) is 0 Å². The fraction of sp³-hybridized carbons (Fsp3) is 0.529. The van der Waals surface area contributed by atoms with Gasteiger partial charge in [-0.05, 0) is 18.9 Å². The highest BCUT2D eigenvalue weighted by molar-refractivity contribution is 14.0. The van der Waals surface area contributed by atoms with E-state index in [2.05, 4.69) is 15.6 Å². The van der Waals surface area contributed by atoms with Crippen LogP contribution in [-0.2, 0) is 4.79 Å². The van der Waals surface area contributed by atoms with Gasteiger partial charge in [0.15, 0.2) is 5.96 Å². The van der Waals surface area contributed by atoms with Gasteiger partial charge in [-0.3, -0.25) is 4.79 Å². The molecule has 0 aliphatic rings. The van der Waals surface area contributed by atoms with Gasteiger partial charge in [0, 0.05) is 20.1 Å². The van der Waals surface area contributed by atoms with E-state index in [1.807, 2.05) is 37.3 Å². The van der Waals surface area contributed by atoms with Gasteiger partial charge in [-0.2, -0.15) is 13.2 Å². The molecule has 1 aromatic carbocycles. The summed E-state index contributed by atoms with van der Waals surface area (Å²) < 4.78 is 36.9. The predicted octanol–water partition coefficient (Wildman–Crippen LogP) is 2.30. The molecule has 1 unspecified atom stereocenters. The molecule has 0 saturated carbocycles. The first-order valence-electron chi connectivity index (χ1n) is 8.29. The van der Waals surface area contributed by atoms with E-state index in [9.17, 15) is 23.1 Å². The van der Waals surface area contributed by atoms with E-state index < -0.39 is 31.3 Å². The molecule has 0 fully saturated rings. The summed E-state index contributed by atoms with van der Waals surface area (Å²) in [6.45, 7) is 1.03. The van der Waals surface area contributed by atoms with Crippen LogP contribution in [0.1, 0.15) is 25.0 Å². The van der Waals surface area contributed by atoms with Gasteiger partial charge in [-0.15, -0.1) is 24.0 Å². The Morgan fingerprint density at radius 2 is 1.89 bits per heavy atom. The molecule has 0 heterocycles. The summed E-state index contributed by atoms with van der Waals surface area (Å²) in [7, 11) is 1.09. The van der Waals surface area contributed by atoms with E-state index in [-0.39, 0.29) is 24.0 Å². The molecule has 0 spiro atoms. The summed E-state index contributed by atoms with van der Waals surface area (Å²) >= 11 is 0. The minimum atomic E-state index is -4.44. The monoisotopic (exact) mass is 502 g/mol.